The SMILES string of the molecule is COc1cc(C(C)(C)C)c(OC)cc1B(O)O. The van der Waals surface area contributed by atoms with Gasteiger partial charge in [0.1, 0.15) is 11.5 Å². The molecule has 0 aliphatic rings. The second-order valence-electron chi connectivity index (χ2n) is 4.92. The molecule has 94 valence electrons. The van der Waals surface area contributed by atoms with Crippen LogP contribution in [0.4, 0.5) is 0 Å². The smallest absolute Gasteiger partial charge is 0.492 e. The van der Waals surface area contributed by atoms with Crippen molar-refractivity contribution in [2.45, 2.75) is 26.2 Å². The summed E-state index contributed by atoms with van der Waals surface area (Å²) in [5.74, 6) is 1.08. The van der Waals surface area contributed by atoms with Crippen LogP contribution < -0.4 is 14.9 Å². The molecule has 5 heteroatoms. The summed E-state index contributed by atoms with van der Waals surface area (Å²) in [5.41, 5.74) is 1.15. The fourth-order valence-electron chi connectivity index (χ4n) is 1.71. The summed E-state index contributed by atoms with van der Waals surface area (Å²) < 4.78 is 10.5. The lowest BCUT2D eigenvalue weighted by Gasteiger charge is -2.24. The van der Waals surface area contributed by atoms with Gasteiger partial charge in [-0.15, -0.1) is 0 Å². The zero-order valence-electron chi connectivity index (χ0n) is 10.9. The minimum atomic E-state index is -1.58. The van der Waals surface area contributed by atoms with E-state index in [9.17, 15) is 10.0 Å². The monoisotopic (exact) mass is 238 g/mol. The van der Waals surface area contributed by atoms with E-state index in [-0.39, 0.29) is 5.41 Å². The molecular formula is C12H19BO4. The van der Waals surface area contributed by atoms with Crippen LogP contribution in [-0.4, -0.2) is 31.4 Å². The maximum absolute atomic E-state index is 9.27. The molecule has 0 radical (unpaired) electrons. The highest BCUT2D eigenvalue weighted by molar-refractivity contribution is 6.59. The summed E-state index contributed by atoms with van der Waals surface area (Å²) >= 11 is 0. The molecule has 0 heterocycles. The summed E-state index contributed by atoms with van der Waals surface area (Å²) in [7, 11) is 1.48. The summed E-state index contributed by atoms with van der Waals surface area (Å²) in [6.07, 6.45) is 0. The van der Waals surface area contributed by atoms with Gasteiger partial charge in [0.2, 0.25) is 0 Å². The zero-order chi connectivity index (χ0) is 13.2. The van der Waals surface area contributed by atoms with E-state index >= 15 is 0 Å². The summed E-state index contributed by atoms with van der Waals surface area (Å²) in [4.78, 5) is 0. The van der Waals surface area contributed by atoms with Crippen LogP contribution >= 0.6 is 0 Å². The highest BCUT2D eigenvalue weighted by Gasteiger charge is 2.25. The molecule has 0 unspecified atom stereocenters. The first-order valence-corrected chi connectivity index (χ1v) is 5.43. The normalized spacial score (nSPS) is 11.2. The number of methoxy groups -OCH3 is 2. The van der Waals surface area contributed by atoms with Crippen LogP contribution in [0.1, 0.15) is 26.3 Å². The number of rotatable bonds is 3. The fourth-order valence-corrected chi connectivity index (χ4v) is 1.71. The maximum atomic E-state index is 9.27. The Bertz CT molecular complexity index is 396. The van der Waals surface area contributed by atoms with Gasteiger partial charge in [0.05, 0.1) is 14.2 Å². The van der Waals surface area contributed by atoms with E-state index in [1.165, 1.54) is 7.11 Å². The third-order valence-electron chi connectivity index (χ3n) is 2.64. The second kappa shape index (κ2) is 4.98. The molecule has 0 aliphatic carbocycles. The van der Waals surface area contributed by atoms with Gasteiger partial charge in [0.15, 0.2) is 0 Å². The third kappa shape index (κ3) is 2.93. The predicted octanol–water partition coefficient (Wildman–Crippen LogP) is 0.681. The minimum absolute atomic E-state index is 0.114. The Labute approximate surface area is 102 Å². The summed E-state index contributed by atoms with van der Waals surface area (Å²) in [6, 6.07) is 3.39. The second-order valence-corrected chi connectivity index (χ2v) is 4.92. The molecule has 1 aromatic rings. The Hall–Kier alpha value is -1.20. The van der Waals surface area contributed by atoms with Crippen LogP contribution in [0.5, 0.6) is 11.5 Å². The van der Waals surface area contributed by atoms with Crippen molar-refractivity contribution in [2.75, 3.05) is 14.2 Å². The standard InChI is InChI=1S/C12H19BO4/c1-12(2,3)8-6-11(17-5)9(13(14)15)7-10(8)16-4/h6-7,14-15H,1-5H3. The van der Waals surface area contributed by atoms with Crippen LogP contribution in [0.15, 0.2) is 12.1 Å². The van der Waals surface area contributed by atoms with Crippen molar-refractivity contribution in [3.8, 4) is 11.5 Å². The molecule has 0 atom stereocenters. The van der Waals surface area contributed by atoms with E-state index in [4.69, 9.17) is 9.47 Å². The molecule has 0 spiro atoms. The van der Waals surface area contributed by atoms with Crippen molar-refractivity contribution in [3.05, 3.63) is 17.7 Å². The predicted molar refractivity (Wildman–Crippen MR) is 68.1 cm³/mol. The molecule has 0 bridgehead atoms. The fraction of sp³-hybridized carbons (Fsp3) is 0.500. The average molecular weight is 238 g/mol. The molecule has 1 aromatic carbocycles. The number of hydrogen-bond acceptors (Lipinski definition) is 4. The van der Waals surface area contributed by atoms with Gasteiger partial charge in [-0.1, -0.05) is 20.8 Å². The maximum Gasteiger partial charge on any atom is 0.492 e. The van der Waals surface area contributed by atoms with E-state index in [0.29, 0.717) is 17.0 Å². The van der Waals surface area contributed by atoms with E-state index < -0.39 is 7.12 Å². The average Bonchev–Trinajstić information content (AvgIpc) is 2.25. The summed E-state index contributed by atoms with van der Waals surface area (Å²) in [5, 5.41) is 18.5. The summed E-state index contributed by atoms with van der Waals surface area (Å²) in [6.45, 7) is 6.16. The van der Waals surface area contributed by atoms with Crippen LogP contribution in [0, 0.1) is 0 Å². The van der Waals surface area contributed by atoms with E-state index in [1.54, 1.807) is 19.2 Å². The molecule has 0 aliphatic heterocycles. The van der Waals surface area contributed by atoms with Crippen LogP contribution in [0.3, 0.4) is 0 Å². The number of ether oxygens (including phenoxy) is 2. The van der Waals surface area contributed by atoms with E-state index in [0.717, 1.165) is 5.56 Å². The first kappa shape index (κ1) is 13.9. The van der Waals surface area contributed by atoms with E-state index in [1.807, 2.05) is 0 Å². The molecular weight excluding hydrogens is 219 g/mol. The van der Waals surface area contributed by atoms with Crippen LogP contribution in [-0.2, 0) is 5.41 Å². The molecule has 2 N–H and O–H groups in total. The largest absolute Gasteiger partial charge is 0.497 e. The van der Waals surface area contributed by atoms with E-state index in [2.05, 4.69) is 20.8 Å². The Kier molecular flexibility index (Phi) is 4.06. The van der Waals surface area contributed by atoms with Crippen LogP contribution in [0.25, 0.3) is 0 Å². The Morgan fingerprint density at radius 1 is 1.00 bits per heavy atom. The highest BCUT2D eigenvalue weighted by atomic mass is 16.5. The quantitative estimate of drug-likeness (QED) is 0.760. The molecule has 0 fully saturated rings. The van der Waals surface area contributed by atoms with Crippen molar-refractivity contribution in [1.82, 2.24) is 0 Å². The molecule has 1 rings (SSSR count). The van der Waals surface area contributed by atoms with Crippen LogP contribution in [0.2, 0.25) is 0 Å². The molecule has 0 saturated carbocycles. The molecule has 4 nitrogen and oxygen atoms in total. The van der Waals surface area contributed by atoms with Crippen molar-refractivity contribution < 1.29 is 19.5 Å². The van der Waals surface area contributed by atoms with Gasteiger partial charge in [0.25, 0.3) is 0 Å². The van der Waals surface area contributed by atoms with Crippen molar-refractivity contribution in [1.29, 1.82) is 0 Å². The first-order chi connectivity index (χ1) is 7.81. The third-order valence-corrected chi connectivity index (χ3v) is 2.64. The van der Waals surface area contributed by atoms with Gasteiger partial charge >= 0.3 is 7.12 Å². The zero-order valence-corrected chi connectivity index (χ0v) is 10.9. The van der Waals surface area contributed by atoms with Crippen molar-refractivity contribution in [3.63, 3.8) is 0 Å². The molecule has 17 heavy (non-hydrogen) atoms. The highest BCUT2D eigenvalue weighted by Crippen LogP contribution is 2.33. The lowest BCUT2D eigenvalue weighted by atomic mass is 9.76. The molecule has 0 saturated heterocycles. The topological polar surface area (TPSA) is 58.9 Å². The molecule has 0 amide bonds. The minimum Gasteiger partial charge on any atom is -0.497 e. The van der Waals surface area contributed by atoms with Gasteiger partial charge in [-0.2, -0.15) is 0 Å². The van der Waals surface area contributed by atoms with Crippen molar-refractivity contribution in [2.24, 2.45) is 0 Å². The number of hydrogen-bond donors (Lipinski definition) is 2. The number of benzene rings is 1. The Morgan fingerprint density at radius 3 is 1.88 bits per heavy atom. The van der Waals surface area contributed by atoms with Gasteiger partial charge in [-0.05, 0) is 17.5 Å². The lowest BCUT2D eigenvalue weighted by molar-refractivity contribution is 0.384. The van der Waals surface area contributed by atoms with Gasteiger partial charge in [-0.3, -0.25) is 0 Å². The lowest BCUT2D eigenvalue weighted by Crippen LogP contribution is -2.32. The Balaban J connectivity index is 3.44. The Morgan fingerprint density at radius 2 is 1.53 bits per heavy atom. The van der Waals surface area contributed by atoms with Gasteiger partial charge < -0.3 is 19.5 Å². The van der Waals surface area contributed by atoms with Gasteiger partial charge in [0, 0.05) is 11.0 Å². The first-order valence-electron chi connectivity index (χ1n) is 5.43. The van der Waals surface area contributed by atoms with Gasteiger partial charge in [-0.25, -0.2) is 0 Å². The molecule has 0 aromatic heterocycles. The van der Waals surface area contributed by atoms with Crippen molar-refractivity contribution >= 4 is 12.6 Å².